The van der Waals surface area contributed by atoms with Gasteiger partial charge >= 0.3 is 0 Å². The van der Waals surface area contributed by atoms with Gasteiger partial charge in [0.1, 0.15) is 5.82 Å². The molecule has 8 heteroatoms. The molecule has 2 aromatic carbocycles. The number of amides is 1. The van der Waals surface area contributed by atoms with E-state index in [2.05, 4.69) is 10.0 Å². The first-order valence-corrected chi connectivity index (χ1v) is 10.1. The Kier molecular flexibility index (Phi) is 5.59. The molecule has 2 atom stereocenters. The fourth-order valence-electron chi connectivity index (χ4n) is 3.08. The number of anilines is 1. The van der Waals surface area contributed by atoms with Crippen LogP contribution in [0.25, 0.3) is 0 Å². The summed E-state index contributed by atoms with van der Waals surface area (Å²) in [5, 5.41) is 12.2. The number of halogens is 1. The molecule has 3 N–H and O–H groups in total. The maximum Gasteiger partial charge on any atom is 0.255 e. The van der Waals surface area contributed by atoms with Crippen LogP contribution in [-0.2, 0) is 10.0 Å². The van der Waals surface area contributed by atoms with Crippen LogP contribution >= 0.6 is 0 Å². The van der Waals surface area contributed by atoms with Crippen molar-refractivity contribution in [1.82, 2.24) is 4.72 Å². The standard InChI is InChI=1S/C19H21FN2O4S/c1-12-9-14(6-8-18(12)20)21-19(24)13-3-2-4-17(10-13)27(25,26)22-15-5-7-16(23)11-15/h2-4,6,8-10,15-16,22-23H,5,7,11H2,1H3,(H,21,24)/t15-,16-/m1/s1. The van der Waals surface area contributed by atoms with E-state index in [4.69, 9.17) is 0 Å². The maximum absolute atomic E-state index is 13.3. The summed E-state index contributed by atoms with van der Waals surface area (Å²) < 4.78 is 41.0. The van der Waals surface area contributed by atoms with Crippen molar-refractivity contribution < 1.29 is 22.7 Å². The SMILES string of the molecule is Cc1cc(NC(=O)c2cccc(S(=O)(=O)N[C@@H]3CC[C@@H](O)C3)c2)ccc1F. The molecule has 0 unspecified atom stereocenters. The van der Waals surface area contributed by atoms with Gasteiger partial charge in [-0.25, -0.2) is 17.5 Å². The van der Waals surface area contributed by atoms with Crippen molar-refractivity contribution in [2.45, 2.75) is 43.2 Å². The Morgan fingerprint density at radius 3 is 2.63 bits per heavy atom. The van der Waals surface area contributed by atoms with Crippen LogP contribution in [0.5, 0.6) is 0 Å². The molecular weight excluding hydrogens is 371 g/mol. The molecule has 0 heterocycles. The third-order valence-electron chi connectivity index (χ3n) is 4.55. The highest BCUT2D eigenvalue weighted by Crippen LogP contribution is 2.22. The third-order valence-corrected chi connectivity index (χ3v) is 6.07. The predicted molar refractivity (Wildman–Crippen MR) is 99.5 cm³/mol. The predicted octanol–water partition coefficient (Wildman–Crippen LogP) is 2.58. The van der Waals surface area contributed by atoms with Crippen molar-refractivity contribution in [3.8, 4) is 0 Å². The zero-order valence-corrected chi connectivity index (χ0v) is 15.6. The fourth-order valence-corrected chi connectivity index (χ4v) is 4.41. The van der Waals surface area contributed by atoms with Gasteiger partial charge in [-0.3, -0.25) is 4.79 Å². The molecule has 3 rings (SSSR count). The van der Waals surface area contributed by atoms with Gasteiger partial charge in [-0.2, -0.15) is 0 Å². The van der Waals surface area contributed by atoms with Crippen LogP contribution in [-0.4, -0.2) is 31.6 Å². The van der Waals surface area contributed by atoms with Crippen LogP contribution in [0.1, 0.15) is 35.2 Å². The number of benzene rings is 2. The number of aryl methyl sites for hydroxylation is 1. The van der Waals surface area contributed by atoms with Gasteiger partial charge < -0.3 is 10.4 Å². The first-order valence-electron chi connectivity index (χ1n) is 8.62. The molecule has 6 nitrogen and oxygen atoms in total. The van der Waals surface area contributed by atoms with Crippen molar-refractivity contribution in [2.75, 3.05) is 5.32 Å². The van der Waals surface area contributed by atoms with E-state index in [9.17, 15) is 22.7 Å². The van der Waals surface area contributed by atoms with E-state index >= 15 is 0 Å². The average molecular weight is 392 g/mol. The van der Waals surface area contributed by atoms with E-state index in [1.165, 1.54) is 42.5 Å². The Morgan fingerprint density at radius 1 is 1.19 bits per heavy atom. The lowest BCUT2D eigenvalue weighted by Crippen LogP contribution is -2.33. The van der Waals surface area contributed by atoms with Crippen LogP contribution in [0, 0.1) is 12.7 Å². The molecule has 144 valence electrons. The second-order valence-electron chi connectivity index (χ2n) is 6.73. The summed E-state index contributed by atoms with van der Waals surface area (Å²) in [5.74, 6) is -0.862. The van der Waals surface area contributed by atoms with Gasteiger partial charge in [-0.1, -0.05) is 6.07 Å². The summed E-state index contributed by atoms with van der Waals surface area (Å²) in [6.45, 7) is 1.59. The van der Waals surface area contributed by atoms with Crippen LogP contribution in [0.3, 0.4) is 0 Å². The maximum atomic E-state index is 13.3. The van der Waals surface area contributed by atoms with Gasteiger partial charge in [-0.05, 0) is 68.1 Å². The number of hydrogen-bond donors (Lipinski definition) is 3. The fraction of sp³-hybridized carbons (Fsp3) is 0.316. The Balaban J connectivity index is 1.76. The van der Waals surface area contributed by atoms with Crippen molar-refractivity contribution in [3.05, 3.63) is 59.4 Å². The van der Waals surface area contributed by atoms with Crippen molar-refractivity contribution >= 4 is 21.6 Å². The molecule has 0 spiro atoms. The molecule has 0 aromatic heterocycles. The number of sulfonamides is 1. The topological polar surface area (TPSA) is 95.5 Å². The highest BCUT2D eigenvalue weighted by atomic mass is 32.2. The minimum absolute atomic E-state index is 0.0215. The summed E-state index contributed by atoms with van der Waals surface area (Å²) in [7, 11) is -3.80. The number of rotatable bonds is 5. The molecule has 1 aliphatic rings. The van der Waals surface area contributed by atoms with Crippen LogP contribution in [0.2, 0.25) is 0 Å². The van der Waals surface area contributed by atoms with Gasteiger partial charge in [-0.15, -0.1) is 0 Å². The van der Waals surface area contributed by atoms with Crippen LogP contribution in [0.15, 0.2) is 47.4 Å². The van der Waals surface area contributed by atoms with Gasteiger partial charge in [0.25, 0.3) is 5.91 Å². The number of carbonyl (C=O) groups is 1. The van der Waals surface area contributed by atoms with Gasteiger partial charge in [0, 0.05) is 17.3 Å². The van der Waals surface area contributed by atoms with E-state index in [1.54, 1.807) is 6.92 Å². The number of nitrogens with one attached hydrogen (secondary N) is 2. The molecule has 1 aliphatic carbocycles. The van der Waals surface area contributed by atoms with Crippen LogP contribution < -0.4 is 10.0 Å². The third kappa shape index (κ3) is 4.71. The van der Waals surface area contributed by atoms with Crippen molar-refractivity contribution in [2.24, 2.45) is 0 Å². The Hall–Kier alpha value is -2.29. The normalized spacial score (nSPS) is 19.8. The van der Waals surface area contributed by atoms with E-state index < -0.39 is 22.0 Å². The minimum atomic E-state index is -3.80. The monoisotopic (exact) mass is 392 g/mol. The molecular formula is C19H21FN2O4S. The molecule has 1 fully saturated rings. The summed E-state index contributed by atoms with van der Waals surface area (Å²) in [6, 6.07) is 9.57. The highest BCUT2D eigenvalue weighted by Gasteiger charge is 2.27. The van der Waals surface area contributed by atoms with Gasteiger partial charge in [0.2, 0.25) is 10.0 Å². The largest absolute Gasteiger partial charge is 0.393 e. The van der Waals surface area contributed by atoms with E-state index in [0.29, 0.717) is 30.5 Å². The first kappa shape index (κ1) is 19.5. The number of hydrogen-bond acceptors (Lipinski definition) is 4. The zero-order valence-electron chi connectivity index (χ0n) is 14.8. The van der Waals surface area contributed by atoms with Crippen LogP contribution in [0.4, 0.5) is 10.1 Å². The summed E-state index contributed by atoms with van der Waals surface area (Å²) in [6.07, 6.45) is 1.02. The van der Waals surface area contributed by atoms with Gasteiger partial charge in [0.05, 0.1) is 11.0 Å². The molecule has 1 saturated carbocycles. The lowest BCUT2D eigenvalue weighted by atomic mass is 10.2. The molecule has 1 amide bonds. The summed E-state index contributed by atoms with van der Waals surface area (Å²) >= 11 is 0. The Morgan fingerprint density at radius 2 is 1.96 bits per heavy atom. The molecule has 2 aromatic rings. The second kappa shape index (κ2) is 7.75. The molecule has 0 bridgehead atoms. The Bertz CT molecular complexity index is 962. The summed E-state index contributed by atoms with van der Waals surface area (Å²) in [5.41, 5.74) is 0.989. The molecule has 0 saturated heterocycles. The van der Waals surface area contributed by atoms with E-state index in [-0.39, 0.29) is 22.3 Å². The second-order valence-corrected chi connectivity index (χ2v) is 8.44. The minimum Gasteiger partial charge on any atom is -0.393 e. The quantitative estimate of drug-likeness (QED) is 0.729. The lowest BCUT2D eigenvalue weighted by Gasteiger charge is -2.13. The average Bonchev–Trinajstić information content (AvgIpc) is 3.02. The smallest absolute Gasteiger partial charge is 0.255 e. The van der Waals surface area contributed by atoms with E-state index in [0.717, 1.165) is 0 Å². The van der Waals surface area contributed by atoms with E-state index in [1.807, 2.05) is 0 Å². The Labute approximate surface area is 157 Å². The van der Waals surface area contributed by atoms with Gasteiger partial charge in [0.15, 0.2) is 0 Å². The number of carbonyl (C=O) groups excluding carboxylic acids is 1. The highest BCUT2D eigenvalue weighted by molar-refractivity contribution is 7.89. The lowest BCUT2D eigenvalue weighted by molar-refractivity contribution is 0.102. The first-order chi connectivity index (χ1) is 12.7. The molecule has 0 radical (unpaired) electrons. The summed E-state index contributed by atoms with van der Waals surface area (Å²) in [4.78, 5) is 12.4. The molecule has 27 heavy (non-hydrogen) atoms. The zero-order chi connectivity index (χ0) is 19.6. The van der Waals surface area contributed by atoms with Crippen molar-refractivity contribution in [1.29, 1.82) is 0 Å². The number of aliphatic hydroxyl groups is 1. The molecule has 0 aliphatic heterocycles. The number of aliphatic hydroxyl groups excluding tert-OH is 1. The van der Waals surface area contributed by atoms with Crippen molar-refractivity contribution in [3.63, 3.8) is 0 Å².